The van der Waals surface area contributed by atoms with Crippen molar-refractivity contribution in [3.05, 3.63) is 0 Å². The van der Waals surface area contributed by atoms with Crippen LogP contribution in [0.4, 0.5) is 0 Å². The third-order valence-corrected chi connectivity index (χ3v) is 3.49. The van der Waals surface area contributed by atoms with Crippen LogP contribution >= 0.6 is 0 Å². The zero-order chi connectivity index (χ0) is 9.97. The fraction of sp³-hybridized carbons (Fsp3) is 0.909. The maximum atomic E-state index is 11.7. The molecule has 80 valence electrons. The summed E-state index contributed by atoms with van der Waals surface area (Å²) >= 11 is 0. The molecule has 2 aliphatic rings. The smallest absolute Gasteiger partial charge is 0.309 e. The van der Waals surface area contributed by atoms with Crippen LogP contribution < -0.4 is 5.32 Å². The fourth-order valence-electron chi connectivity index (χ4n) is 2.56. The molecule has 0 aromatic carbocycles. The van der Waals surface area contributed by atoms with Crippen molar-refractivity contribution in [3.63, 3.8) is 0 Å². The molecule has 2 rings (SSSR count). The van der Waals surface area contributed by atoms with Crippen molar-refractivity contribution >= 4 is 5.97 Å². The first-order valence-electron chi connectivity index (χ1n) is 5.61. The van der Waals surface area contributed by atoms with Gasteiger partial charge in [0.1, 0.15) is 0 Å². The number of hydrogen-bond donors (Lipinski definition) is 1. The van der Waals surface area contributed by atoms with Gasteiger partial charge in [-0.05, 0) is 50.6 Å². The highest BCUT2D eigenvalue weighted by Gasteiger charge is 2.41. The van der Waals surface area contributed by atoms with Crippen molar-refractivity contribution in [2.24, 2.45) is 17.8 Å². The molecule has 1 saturated heterocycles. The Balaban J connectivity index is 1.97. The maximum absolute atomic E-state index is 11.7. The second-order valence-corrected chi connectivity index (χ2v) is 4.47. The monoisotopic (exact) mass is 197 g/mol. The molecule has 0 aromatic rings. The minimum Gasteiger partial charge on any atom is -0.469 e. The van der Waals surface area contributed by atoms with E-state index in [1.807, 2.05) is 0 Å². The average molecular weight is 197 g/mol. The number of piperidine rings is 1. The minimum absolute atomic E-state index is 0.0272. The van der Waals surface area contributed by atoms with Crippen LogP contribution in [0, 0.1) is 17.8 Å². The van der Waals surface area contributed by atoms with Gasteiger partial charge in [-0.3, -0.25) is 4.79 Å². The van der Waals surface area contributed by atoms with E-state index in [2.05, 4.69) is 5.32 Å². The van der Waals surface area contributed by atoms with Crippen molar-refractivity contribution in [3.8, 4) is 0 Å². The van der Waals surface area contributed by atoms with E-state index in [1.54, 1.807) is 0 Å². The quantitative estimate of drug-likeness (QED) is 0.691. The molecule has 2 fully saturated rings. The van der Waals surface area contributed by atoms with E-state index in [4.69, 9.17) is 4.74 Å². The molecule has 1 aliphatic heterocycles. The van der Waals surface area contributed by atoms with Crippen LogP contribution in [0.25, 0.3) is 0 Å². The summed E-state index contributed by atoms with van der Waals surface area (Å²) in [6.07, 6.45) is 4.72. The lowest BCUT2D eigenvalue weighted by Gasteiger charge is -2.28. The van der Waals surface area contributed by atoms with Crippen molar-refractivity contribution in [1.29, 1.82) is 0 Å². The highest BCUT2D eigenvalue weighted by Crippen LogP contribution is 2.43. The molecule has 1 saturated carbocycles. The fourth-order valence-corrected chi connectivity index (χ4v) is 2.56. The van der Waals surface area contributed by atoms with Gasteiger partial charge in [-0.1, -0.05) is 0 Å². The number of hydrogen-bond acceptors (Lipinski definition) is 3. The van der Waals surface area contributed by atoms with Crippen LogP contribution in [-0.4, -0.2) is 26.2 Å². The number of carbonyl (C=O) groups is 1. The summed E-state index contributed by atoms with van der Waals surface area (Å²) in [7, 11) is 1.51. The molecule has 0 radical (unpaired) electrons. The third kappa shape index (κ3) is 2.08. The summed E-state index contributed by atoms with van der Waals surface area (Å²) in [5.41, 5.74) is 0. The zero-order valence-electron chi connectivity index (χ0n) is 8.79. The molecule has 0 amide bonds. The van der Waals surface area contributed by atoms with Crippen molar-refractivity contribution in [2.45, 2.75) is 25.7 Å². The molecule has 1 atom stereocenters. The number of carbonyl (C=O) groups excluding carboxylic acids is 1. The van der Waals surface area contributed by atoms with E-state index in [9.17, 15) is 4.79 Å². The van der Waals surface area contributed by atoms with Crippen LogP contribution in [0.2, 0.25) is 0 Å². The average Bonchev–Trinajstić information content (AvgIpc) is 3.04. The number of esters is 1. The third-order valence-electron chi connectivity index (χ3n) is 3.49. The summed E-state index contributed by atoms with van der Waals surface area (Å²) in [5.74, 6) is 1.42. The predicted molar refractivity (Wildman–Crippen MR) is 53.8 cm³/mol. The Morgan fingerprint density at radius 1 is 1.21 bits per heavy atom. The van der Waals surface area contributed by atoms with Gasteiger partial charge in [0.15, 0.2) is 0 Å². The Hall–Kier alpha value is -0.570. The van der Waals surface area contributed by atoms with Crippen LogP contribution in [0.1, 0.15) is 25.7 Å². The summed E-state index contributed by atoms with van der Waals surface area (Å²) in [6, 6.07) is 0. The van der Waals surface area contributed by atoms with Gasteiger partial charge in [-0.25, -0.2) is 0 Å². The largest absolute Gasteiger partial charge is 0.469 e. The van der Waals surface area contributed by atoms with Crippen molar-refractivity contribution in [1.82, 2.24) is 5.32 Å². The van der Waals surface area contributed by atoms with Gasteiger partial charge >= 0.3 is 5.97 Å². The molecule has 14 heavy (non-hydrogen) atoms. The van der Waals surface area contributed by atoms with Gasteiger partial charge in [0, 0.05) is 0 Å². The Bertz CT molecular complexity index is 207. The first kappa shape index (κ1) is 9.97. The first-order valence-corrected chi connectivity index (χ1v) is 5.61. The molecule has 0 spiro atoms. The first-order chi connectivity index (χ1) is 6.83. The number of ether oxygens (including phenoxy) is 1. The summed E-state index contributed by atoms with van der Waals surface area (Å²) < 4.78 is 4.91. The van der Waals surface area contributed by atoms with Crippen LogP contribution in [0.3, 0.4) is 0 Å². The highest BCUT2D eigenvalue weighted by molar-refractivity contribution is 5.73. The molecule has 1 unspecified atom stereocenters. The molecule has 1 N–H and O–H groups in total. The van der Waals surface area contributed by atoms with Crippen LogP contribution in [0.15, 0.2) is 0 Å². The molecular weight excluding hydrogens is 178 g/mol. The molecule has 3 heteroatoms. The van der Waals surface area contributed by atoms with E-state index in [0.29, 0.717) is 11.8 Å². The normalized spacial score (nSPS) is 25.8. The van der Waals surface area contributed by atoms with Crippen LogP contribution in [-0.2, 0) is 9.53 Å². The summed E-state index contributed by atoms with van der Waals surface area (Å²) in [5, 5.41) is 3.33. The summed E-state index contributed by atoms with van der Waals surface area (Å²) in [6.45, 7) is 2.12. The predicted octanol–water partition coefficient (Wildman–Crippen LogP) is 1.19. The molecule has 0 bridgehead atoms. The van der Waals surface area contributed by atoms with Gasteiger partial charge in [-0.15, -0.1) is 0 Å². The second-order valence-electron chi connectivity index (χ2n) is 4.47. The molecule has 1 heterocycles. The molecule has 3 nitrogen and oxygen atoms in total. The zero-order valence-corrected chi connectivity index (χ0v) is 8.79. The highest BCUT2D eigenvalue weighted by atomic mass is 16.5. The van der Waals surface area contributed by atoms with E-state index < -0.39 is 0 Å². The number of nitrogens with one attached hydrogen (secondary N) is 1. The SMILES string of the molecule is COC(=O)C(C1CCNCC1)C1CC1. The Morgan fingerprint density at radius 3 is 2.29 bits per heavy atom. The van der Waals surface area contributed by atoms with E-state index in [-0.39, 0.29) is 11.9 Å². The Kier molecular flexibility index (Phi) is 3.06. The van der Waals surface area contributed by atoms with Gasteiger partial charge in [0.25, 0.3) is 0 Å². The minimum atomic E-state index is 0.0272. The lowest BCUT2D eigenvalue weighted by molar-refractivity contribution is -0.148. The summed E-state index contributed by atoms with van der Waals surface area (Å²) in [4.78, 5) is 11.7. The van der Waals surface area contributed by atoms with Gasteiger partial charge in [-0.2, -0.15) is 0 Å². The molecule has 1 aliphatic carbocycles. The Morgan fingerprint density at radius 2 is 1.79 bits per heavy atom. The maximum Gasteiger partial charge on any atom is 0.309 e. The standard InChI is InChI=1S/C11H19NO2/c1-14-11(13)10(8-2-3-8)9-4-6-12-7-5-9/h8-10,12H,2-7H2,1H3. The van der Waals surface area contributed by atoms with Crippen molar-refractivity contribution < 1.29 is 9.53 Å². The van der Waals surface area contributed by atoms with E-state index in [0.717, 1.165) is 25.9 Å². The Labute approximate surface area is 85.2 Å². The lowest BCUT2D eigenvalue weighted by Crippen LogP contribution is -2.36. The van der Waals surface area contributed by atoms with E-state index >= 15 is 0 Å². The van der Waals surface area contributed by atoms with Crippen LogP contribution in [0.5, 0.6) is 0 Å². The topological polar surface area (TPSA) is 38.3 Å². The lowest BCUT2D eigenvalue weighted by atomic mass is 9.82. The molecule has 0 aromatic heterocycles. The molecular formula is C11H19NO2. The number of rotatable bonds is 3. The van der Waals surface area contributed by atoms with Crippen molar-refractivity contribution in [2.75, 3.05) is 20.2 Å². The van der Waals surface area contributed by atoms with Gasteiger partial charge in [0.2, 0.25) is 0 Å². The number of methoxy groups -OCH3 is 1. The second kappa shape index (κ2) is 4.30. The van der Waals surface area contributed by atoms with Gasteiger partial charge in [0.05, 0.1) is 13.0 Å². The van der Waals surface area contributed by atoms with E-state index in [1.165, 1.54) is 20.0 Å². The van der Waals surface area contributed by atoms with Gasteiger partial charge < -0.3 is 10.1 Å².